The lowest BCUT2D eigenvalue weighted by atomic mass is 10.1. The van der Waals surface area contributed by atoms with Crippen molar-refractivity contribution in [3.05, 3.63) is 60.2 Å². The van der Waals surface area contributed by atoms with E-state index in [1.165, 1.54) is 0 Å². The number of amides is 2. The van der Waals surface area contributed by atoms with Crippen LogP contribution in [0.25, 0.3) is 0 Å². The first-order chi connectivity index (χ1) is 9.63. The Morgan fingerprint density at radius 1 is 0.850 bits per heavy atom. The molecule has 20 heavy (non-hydrogen) atoms. The summed E-state index contributed by atoms with van der Waals surface area (Å²) in [5, 5.41) is 5.47. The van der Waals surface area contributed by atoms with E-state index in [0.717, 1.165) is 11.3 Å². The Morgan fingerprint density at radius 3 is 1.95 bits per heavy atom. The van der Waals surface area contributed by atoms with E-state index in [1.54, 1.807) is 19.1 Å². The van der Waals surface area contributed by atoms with Gasteiger partial charge in [0.05, 0.1) is 0 Å². The second-order valence-corrected chi connectivity index (χ2v) is 4.52. The maximum atomic E-state index is 11.8. The van der Waals surface area contributed by atoms with Gasteiger partial charge in [-0.25, -0.2) is 4.79 Å². The van der Waals surface area contributed by atoms with Crippen LogP contribution >= 0.6 is 0 Å². The number of para-hydroxylation sites is 1. The fourth-order valence-electron chi connectivity index (χ4n) is 1.81. The van der Waals surface area contributed by atoms with Gasteiger partial charge >= 0.3 is 6.03 Å². The lowest BCUT2D eigenvalue weighted by Gasteiger charge is -2.08. The number of urea groups is 1. The van der Waals surface area contributed by atoms with Gasteiger partial charge in [-0.15, -0.1) is 0 Å². The van der Waals surface area contributed by atoms with Crippen molar-refractivity contribution in [2.75, 3.05) is 10.6 Å². The normalized spacial score (nSPS) is 9.85. The van der Waals surface area contributed by atoms with Crippen LogP contribution in [0.3, 0.4) is 0 Å². The zero-order chi connectivity index (χ0) is 14.4. The Morgan fingerprint density at radius 2 is 1.40 bits per heavy atom. The number of nitrogens with one attached hydrogen (secondary N) is 2. The lowest BCUT2D eigenvalue weighted by Crippen LogP contribution is -2.19. The average Bonchev–Trinajstić information content (AvgIpc) is 2.41. The van der Waals surface area contributed by atoms with Gasteiger partial charge in [0.25, 0.3) is 0 Å². The van der Waals surface area contributed by atoms with E-state index in [2.05, 4.69) is 10.6 Å². The Kier molecular flexibility index (Phi) is 4.50. The van der Waals surface area contributed by atoms with Crippen molar-refractivity contribution in [2.24, 2.45) is 0 Å². The minimum Gasteiger partial charge on any atom is -0.308 e. The Balaban J connectivity index is 1.93. The van der Waals surface area contributed by atoms with E-state index in [1.807, 2.05) is 42.5 Å². The summed E-state index contributed by atoms with van der Waals surface area (Å²) in [6.45, 7) is 1.56. The Bertz CT molecular complexity index is 592. The molecular weight excluding hydrogens is 252 g/mol. The highest BCUT2D eigenvalue weighted by atomic mass is 16.2. The molecule has 0 unspecified atom stereocenters. The number of hydrogen-bond acceptors (Lipinski definition) is 2. The van der Waals surface area contributed by atoms with Crippen LogP contribution in [-0.2, 0) is 11.2 Å². The number of ketones is 1. The summed E-state index contributed by atoms with van der Waals surface area (Å²) in [4.78, 5) is 22.8. The van der Waals surface area contributed by atoms with Crippen molar-refractivity contribution < 1.29 is 9.59 Å². The molecule has 0 atom stereocenters. The third-order valence-corrected chi connectivity index (χ3v) is 2.70. The molecule has 4 nitrogen and oxygen atoms in total. The molecule has 0 aliphatic rings. The topological polar surface area (TPSA) is 58.2 Å². The van der Waals surface area contributed by atoms with Crippen LogP contribution in [0.1, 0.15) is 12.5 Å². The van der Waals surface area contributed by atoms with E-state index >= 15 is 0 Å². The molecular formula is C16H16N2O2. The molecule has 2 aromatic rings. The molecule has 2 rings (SSSR count). The summed E-state index contributed by atoms with van der Waals surface area (Å²) in [5.74, 6) is 0.118. The standard InChI is InChI=1S/C16H16N2O2/c1-12(19)11-13-7-9-15(10-8-13)18-16(20)17-14-5-3-2-4-6-14/h2-10H,11H2,1H3,(H2,17,18,20). The molecule has 2 N–H and O–H groups in total. The molecule has 4 heteroatoms. The maximum Gasteiger partial charge on any atom is 0.323 e. The molecule has 0 heterocycles. The van der Waals surface area contributed by atoms with Crippen LogP contribution in [0.4, 0.5) is 16.2 Å². The highest BCUT2D eigenvalue weighted by molar-refractivity contribution is 5.99. The van der Waals surface area contributed by atoms with Gasteiger partial charge in [0.2, 0.25) is 0 Å². The van der Waals surface area contributed by atoms with Gasteiger partial charge in [0.15, 0.2) is 0 Å². The van der Waals surface area contributed by atoms with Gasteiger partial charge in [-0.2, -0.15) is 0 Å². The Labute approximate surface area is 117 Å². The highest BCUT2D eigenvalue weighted by Gasteiger charge is 2.03. The van der Waals surface area contributed by atoms with Crippen molar-refractivity contribution in [2.45, 2.75) is 13.3 Å². The van der Waals surface area contributed by atoms with Crippen LogP contribution in [-0.4, -0.2) is 11.8 Å². The first kappa shape index (κ1) is 13.8. The third-order valence-electron chi connectivity index (χ3n) is 2.70. The fourth-order valence-corrected chi connectivity index (χ4v) is 1.81. The predicted octanol–water partition coefficient (Wildman–Crippen LogP) is 3.46. The van der Waals surface area contributed by atoms with E-state index < -0.39 is 0 Å². The number of Topliss-reactive ketones (excluding diaryl/α,β-unsaturated/α-hetero) is 1. The first-order valence-corrected chi connectivity index (χ1v) is 6.35. The molecule has 2 aromatic carbocycles. The van der Waals surface area contributed by atoms with E-state index in [-0.39, 0.29) is 11.8 Å². The maximum absolute atomic E-state index is 11.8. The van der Waals surface area contributed by atoms with Crippen LogP contribution in [0.5, 0.6) is 0 Å². The van der Waals surface area contributed by atoms with Gasteiger partial charge in [0, 0.05) is 17.8 Å². The third kappa shape index (κ3) is 4.24. The predicted molar refractivity (Wildman–Crippen MR) is 79.9 cm³/mol. The number of carbonyl (C=O) groups excluding carboxylic acids is 2. The summed E-state index contributed by atoms with van der Waals surface area (Å²) in [6.07, 6.45) is 0.413. The smallest absolute Gasteiger partial charge is 0.308 e. The summed E-state index contributed by atoms with van der Waals surface area (Å²) in [7, 11) is 0. The van der Waals surface area contributed by atoms with Crippen molar-refractivity contribution in [3.63, 3.8) is 0 Å². The monoisotopic (exact) mass is 268 g/mol. The van der Waals surface area contributed by atoms with Crippen molar-refractivity contribution in [3.8, 4) is 0 Å². The second-order valence-electron chi connectivity index (χ2n) is 4.52. The van der Waals surface area contributed by atoms with Crippen LogP contribution in [0, 0.1) is 0 Å². The number of rotatable bonds is 4. The SMILES string of the molecule is CC(=O)Cc1ccc(NC(=O)Nc2ccccc2)cc1. The van der Waals surface area contributed by atoms with E-state index in [0.29, 0.717) is 12.1 Å². The molecule has 0 spiro atoms. The molecule has 2 amide bonds. The molecule has 0 saturated carbocycles. The lowest BCUT2D eigenvalue weighted by molar-refractivity contribution is -0.116. The second kappa shape index (κ2) is 6.52. The van der Waals surface area contributed by atoms with E-state index in [9.17, 15) is 9.59 Å². The van der Waals surface area contributed by atoms with Gasteiger partial charge in [-0.1, -0.05) is 30.3 Å². The molecule has 102 valence electrons. The Hall–Kier alpha value is -2.62. The van der Waals surface area contributed by atoms with Crippen molar-refractivity contribution >= 4 is 23.2 Å². The largest absolute Gasteiger partial charge is 0.323 e. The number of anilines is 2. The van der Waals surface area contributed by atoms with Gasteiger partial charge in [-0.05, 0) is 36.8 Å². The van der Waals surface area contributed by atoms with Gasteiger partial charge in [0.1, 0.15) is 5.78 Å². The number of hydrogen-bond donors (Lipinski definition) is 2. The summed E-state index contributed by atoms with van der Waals surface area (Å²) >= 11 is 0. The fraction of sp³-hybridized carbons (Fsp3) is 0.125. The quantitative estimate of drug-likeness (QED) is 0.892. The van der Waals surface area contributed by atoms with Crippen LogP contribution < -0.4 is 10.6 Å². The van der Waals surface area contributed by atoms with Crippen LogP contribution in [0.2, 0.25) is 0 Å². The minimum atomic E-state index is -0.296. The zero-order valence-electron chi connectivity index (χ0n) is 11.2. The molecule has 0 bridgehead atoms. The van der Waals surface area contributed by atoms with Gasteiger partial charge in [-0.3, -0.25) is 4.79 Å². The highest BCUT2D eigenvalue weighted by Crippen LogP contribution is 2.11. The average molecular weight is 268 g/mol. The molecule has 0 saturated heterocycles. The summed E-state index contributed by atoms with van der Waals surface area (Å²) < 4.78 is 0. The van der Waals surface area contributed by atoms with Crippen molar-refractivity contribution in [1.29, 1.82) is 0 Å². The first-order valence-electron chi connectivity index (χ1n) is 6.35. The van der Waals surface area contributed by atoms with Crippen molar-refractivity contribution in [1.82, 2.24) is 0 Å². The van der Waals surface area contributed by atoms with Crippen LogP contribution in [0.15, 0.2) is 54.6 Å². The van der Waals surface area contributed by atoms with Gasteiger partial charge < -0.3 is 10.6 Å². The summed E-state index contributed by atoms with van der Waals surface area (Å²) in [6, 6.07) is 16.2. The molecule has 0 fully saturated rings. The summed E-state index contributed by atoms with van der Waals surface area (Å²) in [5.41, 5.74) is 2.36. The minimum absolute atomic E-state index is 0.118. The van der Waals surface area contributed by atoms with E-state index in [4.69, 9.17) is 0 Å². The molecule has 0 aliphatic carbocycles. The molecule has 0 aromatic heterocycles. The molecule has 0 aliphatic heterocycles. The zero-order valence-corrected chi connectivity index (χ0v) is 11.2. The number of benzene rings is 2. The molecule has 0 radical (unpaired) electrons. The number of carbonyl (C=O) groups is 2.